The second-order valence-corrected chi connectivity index (χ2v) is 11.5. The van der Waals surface area contributed by atoms with Crippen LogP contribution >= 0.6 is 0 Å². The second-order valence-electron chi connectivity index (χ2n) is 6.52. The van der Waals surface area contributed by atoms with E-state index in [9.17, 15) is 0 Å². The Labute approximate surface area is 164 Å². The van der Waals surface area contributed by atoms with E-state index in [-0.39, 0.29) is 46.5 Å². The summed E-state index contributed by atoms with van der Waals surface area (Å²) in [4.78, 5) is 0. The normalized spacial score (nSPS) is 31.6. The van der Waals surface area contributed by atoms with E-state index in [1.165, 1.54) is 12.8 Å². The first-order chi connectivity index (χ1) is 9.30. The molecule has 3 atom stereocenters. The molecule has 1 aliphatic heterocycles. The molecule has 118 valence electrons. The van der Waals surface area contributed by atoms with Crippen molar-refractivity contribution in [3.63, 3.8) is 0 Å². The van der Waals surface area contributed by atoms with Gasteiger partial charge in [0.05, 0.1) is 0 Å². The molecule has 1 saturated carbocycles. The maximum absolute atomic E-state index is 2.99. The van der Waals surface area contributed by atoms with Crippen molar-refractivity contribution in [1.29, 1.82) is 0 Å². The first-order valence-electron chi connectivity index (χ1n) is 7.70. The molecule has 0 bridgehead atoms. The van der Waals surface area contributed by atoms with Gasteiger partial charge in [-0.05, 0) is 11.8 Å². The van der Waals surface area contributed by atoms with Crippen LogP contribution in [0.2, 0.25) is 24.2 Å². The summed E-state index contributed by atoms with van der Waals surface area (Å²) >= 11 is 0. The number of hydrogen-bond acceptors (Lipinski definition) is 0. The molecule has 2 fully saturated rings. The standard InChI is InChI=1S/C13H19Si.C5H5.2ClH.Ti/c1-14(9-4-10-14)13-8-7-11-5-2-3-6-12(11)13;1-2-4-5-3-1;;;/h2-3,5-6,8,11-13H,4,7,9-10H2,1H3;1-3H,4H2;2*1H;/q2*-1;;;+4/p-2. The maximum Gasteiger partial charge on any atom is 4.00 e. The molecule has 0 aromatic heterocycles. The van der Waals surface area contributed by atoms with Gasteiger partial charge in [0.2, 0.25) is 0 Å². The summed E-state index contributed by atoms with van der Waals surface area (Å²) < 4.78 is 0. The average Bonchev–Trinajstić information content (AvgIpc) is 3.08. The Kier molecular flexibility index (Phi) is 10.6. The Bertz CT molecular complexity index is 428. The molecule has 3 unspecified atom stereocenters. The molecule has 0 radical (unpaired) electrons. The molecule has 0 amide bonds. The summed E-state index contributed by atoms with van der Waals surface area (Å²) in [7, 11) is -0.813. The van der Waals surface area contributed by atoms with Crippen molar-refractivity contribution in [2.45, 2.75) is 43.4 Å². The Morgan fingerprint density at radius 1 is 1.09 bits per heavy atom. The molecule has 0 aromatic rings. The molecule has 0 N–H and O–H groups in total. The maximum atomic E-state index is 2.99. The van der Waals surface area contributed by atoms with Gasteiger partial charge >= 0.3 is 21.7 Å². The van der Waals surface area contributed by atoms with E-state index < -0.39 is 8.07 Å². The topological polar surface area (TPSA) is 0 Å². The van der Waals surface area contributed by atoms with Gasteiger partial charge in [-0.15, -0.1) is 6.42 Å². The largest absolute Gasteiger partial charge is 4.00 e. The minimum Gasteiger partial charge on any atom is -1.00 e. The smallest absolute Gasteiger partial charge is 1.00 e. The number of hydrogen-bond donors (Lipinski definition) is 0. The first kappa shape index (κ1) is 22.5. The van der Waals surface area contributed by atoms with Crippen LogP contribution in [0.15, 0.2) is 42.5 Å². The summed E-state index contributed by atoms with van der Waals surface area (Å²) in [5, 5.41) is 0. The summed E-state index contributed by atoms with van der Waals surface area (Å²) in [6.45, 7) is 2.63. The summed E-state index contributed by atoms with van der Waals surface area (Å²) in [5.74, 6) is 1.74. The van der Waals surface area contributed by atoms with Crippen molar-refractivity contribution in [1.82, 2.24) is 0 Å². The van der Waals surface area contributed by atoms with Crippen molar-refractivity contribution in [2.75, 3.05) is 0 Å². The molecular formula is C18H24Cl2SiTi. The van der Waals surface area contributed by atoms with Crippen LogP contribution in [0, 0.1) is 24.3 Å². The molecule has 0 nitrogen and oxygen atoms in total. The van der Waals surface area contributed by atoms with Crippen molar-refractivity contribution in [2.24, 2.45) is 11.8 Å². The molecular weight excluding hydrogens is 363 g/mol. The predicted octanol–water partition coefficient (Wildman–Crippen LogP) is -0.884. The minimum absolute atomic E-state index is 0. The van der Waals surface area contributed by atoms with Gasteiger partial charge in [-0.3, -0.25) is 6.08 Å². The average molecular weight is 387 g/mol. The van der Waals surface area contributed by atoms with Crippen molar-refractivity contribution in [3.8, 4) is 0 Å². The van der Waals surface area contributed by atoms with Gasteiger partial charge < -0.3 is 31.2 Å². The Balaban J connectivity index is 0.000000482. The van der Waals surface area contributed by atoms with Crippen molar-refractivity contribution < 1.29 is 46.5 Å². The fourth-order valence-electron chi connectivity index (χ4n) is 3.91. The Hall–Kier alpha value is 0.471. The number of fused-ring (bicyclic) bond motifs is 1. The van der Waals surface area contributed by atoms with Gasteiger partial charge in [0.15, 0.2) is 0 Å². The molecule has 1 saturated heterocycles. The molecule has 4 heteroatoms. The van der Waals surface area contributed by atoms with E-state index in [0.29, 0.717) is 0 Å². The summed E-state index contributed by atoms with van der Waals surface area (Å²) in [6.07, 6.45) is 24.9. The van der Waals surface area contributed by atoms with E-state index in [1.807, 2.05) is 12.2 Å². The molecule has 3 aliphatic carbocycles. The molecule has 1 heterocycles. The molecule has 0 spiro atoms. The number of allylic oxidation sites excluding steroid dienone is 8. The van der Waals surface area contributed by atoms with Gasteiger partial charge in [0.1, 0.15) is 0 Å². The quantitative estimate of drug-likeness (QED) is 0.405. The Morgan fingerprint density at radius 2 is 1.82 bits per heavy atom. The zero-order chi connectivity index (χ0) is 13.1. The van der Waals surface area contributed by atoms with Gasteiger partial charge in [-0.2, -0.15) is 18.0 Å². The van der Waals surface area contributed by atoms with Crippen LogP contribution in [-0.4, -0.2) is 8.07 Å². The van der Waals surface area contributed by atoms with Crippen molar-refractivity contribution >= 4 is 8.07 Å². The SMILES string of the molecule is C[Si]1(C2[CH-]CC3C=CC=CC32)CCC1.[C-]1=CC=CC1.[Cl-].[Cl-].[Ti+4]. The van der Waals surface area contributed by atoms with Crippen LogP contribution in [0.5, 0.6) is 0 Å². The third-order valence-electron chi connectivity index (χ3n) is 5.26. The van der Waals surface area contributed by atoms with Crippen LogP contribution in [0.1, 0.15) is 19.3 Å². The van der Waals surface area contributed by atoms with Crippen LogP contribution in [0.25, 0.3) is 0 Å². The first-order valence-corrected chi connectivity index (χ1v) is 10.7. The number of rotatable bonds is 1. The van der Waals surface area contributed by atoms with Crippen molar-refractivity contribution in [3.05, 3.63) is 55.0 Å². The van der Waals surface area contributed by atoms with Crippen LogP contribution in [0.3, 0.4) is 0 Å². The zero-order valence-electron chi connectivity index (χ0n) is 13.1. The van der Waals surface area contributed by atoms with Crippen LogP contribution in [-0.2, 0) is 21.7 Å². The third-order valence-corrected chi connectivity index (χ3v) is 10.5. The van der Waals surface area contributed by atoms with Gasteiger partial charge in [-0.25, -0.2) is 12.2 Å². The van der Waals surface area contributed by atoms with Crippen LogP contribution in [0.4, 0.5) is 0 Å². The summed E-state index contributed by atoms with van der Waals surface area (Å²) in [6, 6.07) is 3.18. The molecule has 4 rings (SSSR count). The van der Waals surface area contributed by atoms with E-state index in [2.05, 4.69) is 49.4 Å². The molecule has 4 aliphatic rings. The Morgan fingerprint density at radius 3 is 2.32 bits per heavy atom. The zero-order valence-corrected chi connectivity index (χ0v) is 17.2. The number of halogens is 2. The molecule has 0 aromatic carbocycles. The van der Waals surface area contributed by atoms with Gasteiger partial charge in [0, 0.05) is 8.07 Å². The fraction of sp³-hybridized carbons (Fsp3) is 0.500. The predicted molar refractivity (Wildman–Crippen MR) is 85.3 cm³/mol. The van der Waals surface area contributed by atoms with E-state index in [0.717, 1.165) is 23.8 Å². The van der Waals surface area contributed by atoms with Gasteiger partial charge in [0.25, 0.3) is 0 Å². The third kappa shape index (κ3) is 4.98. The fourth-order valence-corrected chi connectivity index (χ4v) is 8.04. The second kappa shape index (κ2) is 10.4. The minimum atomic E-state index is -0.813. The van der Waals surface area contributed by atoms with E-state index in [4.69, 9.17) is 0 Å². The monoisotopic (exact) mass is 386 g/mol. The van der Waals surface area contributed by atoms with E-state index >= 15 is 0 Å². The molecule has 22 heavy (non-hydrogen) atoms. The summed E-state index contributed by atoms with van der Waals surface area (Å²) in [5.41, 5.74) is 1.00. The van der Waals surface area contributed by atoms with E-state index in [1.54, 1.807) is 12.1 Å². The van der Waals surface area contributed by atoms with Gasteiger partial charge in [-0.1, -0.05) is 49.4 Å². The van der Waals surface area contributed by atoms with Crippen LogP contribution < -0.4 is 24.8 Å².